The van der Waals surface area contributed by atoms with Gasteiger partial charge in [-0.25, -0.2) is 8.42 Å². The fraction of sp³-hybridized carbons (Fsp3) is 0.136. The molecule has 33 heavy (non-hydrogen) atoms. The third-order valence-corrected chi connectivity index (χ3v) is 6.10. The molecule has 3 aromatic rings. The van der Waals surface area contributed by atoms with Crippen LogP contribution in [-0.4, -0.2) is 31.8 Å². The second-order valence-electron chi connectivity index (χ2n) is 7.16. The zero-order valence-electron chi connectivity index (χ0n) is 18.1. The van der Waals surface area contributed by atoms with E-state index in [0.29, 0.717) is 22.6 Å². The minimum Gasteiger partial charge on any atom is -0.504 e. The van der Waals surface area contributed by atoms with Crippen LogP contribution in [0.5, 0.6) is 11.5 Å². The van der Waals surface area contributed by atoms with Gasteiger partial charge in [-0.1, -0.05) is 17.7 Å². The van der Waals surface area contributed by atoms with Crippen LogP contribution in [0.3, 0.4) is 0 Å². The van der Waals surface area contributed by atoms with Crippen molar-refractivity contribution in [3.63, 3.8) is 0 Å². The largest absolute Gasteiger partial charge is 0.504 e. The molecule has 11 heteroatoms. The molecule has 3 aromatic carbocycles. The van der Waals surface area contributed by atoms with E-state index in [1.165, 1.54) is 31.5 Å². The topological polar surface area (TPSA) is 143 Å². The van der Waals surface area contributed by atoms with Gasteiger partial charge in [0.25, 0.3) is 15.7 Å². The number of benzene rings is 3. The summed E-state index contributed by atoms with van der Waals surface area (Å²) in [5.41, 5.74) is 4.80. The summed E-state index contributed by atoms with van der Waals surface area (Å²) in [5, 5.41) is 25.1. The van der Waals surface area contributed by atoms with Gasteiger partial charge in [-0.3, -0.25) is 20.3 Å². The molecule has 0 saturated carbocycles. The SMILES string of the molecule is COc1ccc(/C=N\Nc2ccc([N+](=O)[O-])cc2S(=O)(=O)Nc2ccc(C)cc2C)cc1O. The van der Waals surface area contributed by atoms with Crippen LogP contribution in [0.4, 0.5) is 17.1 Å². The van der Waals surface area contributed by atoms with Gasteiger partial charge in [0.1, 0.15) is 4.90 Å². The van der Waals surface area contributed by atoms with Crippen molar-refractivity contribution in [3.8, 4) is 11.5 Å². The Kier molecular flexibility index (Phi) is 6.83. The minimum atomic E-state index is -4.19. The third-order valence-electron chi connectivity index (χ3n) is 4.69. The van der Waals surface area contributed by atoms with Crippen molar-refractivity contribution in [1.82, 2.24) is 0 Å². The van der Waals surface area contributed by atoms with E-state index in [9.17, 15) is 23.6 Å². The molecule has 0 aliphatic heterocycles. The van der Waals surface area contributed by atoms with Gasteiger partial charge in [0.15, 0.2) is 11.5 Å². The lowest BCUT2D eigenvalue weighted by molar-refractivity contribution is -0.385. The maximum atomic E-state index is 13.1. The number of aromatic hydroxyl groups is 1. The molecule has 0 aromatic heterocycles. The number of nitrogens with one attached hydrogen (secondary N) is 2. The Morgan fingerprint density at radius 2 is 1.79 bits per heavy atom. The van der Waals surface area contributed by atoms with Crippen molar-refractivity contribution >= 4 is 33.3 Å². The molecule has 10 nitrogen and oxygen atoms in total. The van der Waals surface area contributed by atoms with Crippen LogP contribution < -0.4 is 14.9 Å². The molecule has 0 aliphatic carbocycles. The molecule has 0 fully saturated rings. The summed E-state index contributed by atoms with van der Waals surface area (Å²) < 4.78 is 33.7. The minimum absolute atomic E-state index is 0.0341. The smallest absolute Gasteiger partial charge is 0.270 e. The maximum absolute atomic E-state index is 13.1. The Morgan fingerprint density at radius 1 is 1.06 bits per heavy atom. The summed E-state index contributed by atoms with van der Waals surface area (Å²) >= 11 is 0. The van der Waals surface area contributed by atoms with Crippen LogP contribution in [0, 0.1) is 24.0 Å². The van der Waals surface area contributed by atoms with Crippen LogP contribution in [0.15, 0.2) is 64.6 Å². The van der Waals surface area contributed by atoms with Crippen molar-refractivity contribution in [3.05, 3.63) is 81.4 Å². The number of ether oxygens (including phenoxy) is 1. The van der Waals surface area contributed by atoms with Gasteiger partial charge in [-0.2, -0.15) is 5.10 Å². The number of nitro benzene ring substituents is 1. The molecule has 0 bridgehead atoms. The van der Waals surface area contributed by atoms with E-state index in [1.54, 1.807) is 31.2 Å². The highest BCUT2D eigenvalue weighted by molar-refractivity contribution is 7.92. The number of aryl methyl sites for hydroxylation is 2. The van der Waals surface area contributed by atoms with Gasteiger partial charge in [-0.05, 0) is 55.3 Å². The van der Waals surface area contributed by atoms with E-state index >= 15 is 0 Å². The van der Waals surface area contributed by atoms with Gasteiger partial charge >= 0.3 is 0 Å². The molecule has 0 atom stereocenters. The first-order valence-corrected chi connectivity index (χ1v) is 11.1. The number of hydrogen-bond acceptors (Lipinski definition) is 8. The van der Waals surface area contributed by atoms with Gasteiger partial charge in [0.05, 0.1) is 29.6 Å². The second kappa shape index (κ2) is 9.57. The maximum Gasteiger partial charge on any atom is 0.270 e. The number of anilines is 2. The number of nitrogens with zero attached hydrogens (tertiary/aromatic N) is 2. The van der Waals surface area contributed by atoms with E-state index < -0.39 is 14.9 Å². The highest BCUT2D eigenvalue weighted by atomic mass is 32.2. The lowest BCUT2D eigenvalue weighted by Crippen LogP contribution is -2.16. The fourth-order valence-corrected chi connectivity index (χ4v) is 4.34. The van der Waals surface area contributed by atoms with Crippen molar-refractivity contribution in [1.29, 1.82) is 0 Å². The van der Waals surface area contributed by atoms with Crippen LogP contribution in [0.1, 0.15) is 16.7 Å². The predicted octanol–water partition coefficient (Wildman–Crippen LogP) is 4.17. The lowest BCUT2D eigenvalue weighted by Gasteiger charge is -2.14. The Hall–Kier alpha value is -4.12. The number of hydrazone groups is 1. The summed E-state index contributed by atoms with van der Waals surface area (Å²) in [6.07, 6.45) is 1.36. The zero-order valence-corrected chi connectivity index (χ0v) is 18.9. The molecule has 0 saturated heterocycles. The first-order chi connectivity index (χ1) is 15.6. The second-order valence-corrected chi connectivity index (χ2v) is 8.81. The van der Waals surface area contributed by atoms with Crippen molar-refractivity contribution in [2.75, 3.05) is 17.3 Å². The number of non-ortho nitro benzene ring substituents is 1. The van der Waals surface area contributed by atoms with Crippen molar-refractivity contribution in [2.45, 2.75) is 18.7 Å². The van der Waals surface area contributed by atoms with Gasteiger partial charge < -0.3 is 9.84 Å². The summed E-state index contributed by atoms with van der Waals surface area (Å²) in [5.74, 6) is 0.207. The third kappa shape index (κ3) is 5.57. The number of sulfonamides is 1. The van der Waals surface area contributed by atoms with E-state index in [0.717, 1.165) is 11.6 Å². The fourth-order valence-electron chi connectivity index (χ4n) is 3.03. The number of phenols is 1. The van der Waals surface area contributed by atoms with Gasteiger partial charge in [0, 0.05) is 12.1 Å². The number of phenolic OH excluding ortho intramolecular Hbond substituents is 1. The van der Waals surface area contributed by atoms with Crippen molar-refractivity contribution in [2.24, 2.45) is 5.10 Å². The molecule has 0 unspecified atom stereocenters. The molecule has 0 spiro atoms. The molecule has 0 radical (unpaired) electrons. The molecular weight excluding hydrogens is 448 g/mol. The Bertz CT molecular complexity index is 1340. The number of methoxy groups -OCH3 is 1. The molecule has 0 aliphatic rings. The number of rotatable bonds is 8. The molecule has 0 heterocycles. The van der Waals surface area contributed by atoms with Crippen LogP contribution in [0.25, 0.3) is 0 Å². The normalized spacial score (nSPS) is 11.4. The van der Waals surface area contributed by atoms with E-state index in [4.69, 9.17) is 4.74 Å². The van der Waals surface area contributed by atoms with E-state index in [1.807, 2.05) is 13.0 Å². The first kappa shape index (κ1) is 23.5. The lowest BCUT2D eigenvalue weighted by atomic mass is 10.1. The molecule has 3 rings (SSSR count). The molecule has 3 N–H and O–H groups in total. The van der Waals surface area contributed by atoms with Crippen LogP contribution in [-0.2, 0) is 10.0 Å². The Morgan fingerprint density at radius 3 is 2.42 bits per heavy atom. The number of nitro groups is 1. The average Bonchev–Trinajstić information content (AvgIpc) is 2.76. The van der Waals surface area contributed by atoms with Gasteiger partial charge in [0.2, 0.25) is 0 Å². The molecule has 0 amide bonds. The van der Waals surface area contributed by atoms with Crippen LogP contribution in [0.2, 0.25) is 0 Å². The zero-order chi connectivity index (χ0) is 24.2. The first-order valence-electron chi connectivity index (χ1n) is 9.65. The Labute approximate surface area is 190 Å². The molecule has 172 valence electrons. The quantitative estimate of drug-likeness (QED) is 0.255. The highest BCUT2D eigenvalue weighted by Gasteiger charge is 2.23. The predicted molar refractivity (Wildman–Crippen MR) is 126 cm³/mol. The summed E-state index contributed by atoms with van der Waals surface area (Å²) in [4.78, 5) is 10.2. The average molecular weight is 471 g/mol. The summed E-state index contributed by atoms with van der Waals surface area (Å²) in [6, 6.07) is 13.2. The Balaban J connectivity index is 1.94. The van der Waals surface area contributed by atoms with Crippen LogP contribution >= 0.6 is 0 Å². The van der Waals surface area contributed by atoms with Gasteiger partial charge in [-0.15, -0.1) is 0 Å². The number of hydrogen-bond donors (Lipinski definition) is 3. The van der Waals surface area contributed by atoms with Crippen molar-refractivity contribution < 1.29 is 23.2 Å². The molecular formula is C22H22N4O6S. The highest BCUT2D eigenvalue weighted by Crippen LogP contribution is 2.30. The standard InChI is InChI=1S/C22H22N4O6S/c1-14-4-7-18(15(2)10-14)25-33(30,31)22-12-17(26(28)29)6-8-19(22)24-23-13-16-5-9-21(32-3)20(27)11-16/h4-13,24-25,27H,1-3H3/b23-13-. The monoisotopic (exact) mass is 470 g/mol. The van der Waals surface area contributed by atoms with E-state index in [-0.39, 0.29) is 22.0 Å². The summed E-state index contributed by atoms with van der Waals surface area (Å²) in [7, 11) is -2.77. The summed E-state index contributed by atoms with van der Waals surface area (Å²) in [6.45, 7) is 3.64. The van der Waals surface area contributed by atoms with E-state index in [2.05, 4.69) is 15.2 Å².